The van der Waals surface area contributed by atoms with E-state index in [1.807, 2.05) is 0 Å². The highest BCUT2D eigenvalue weighted by Gasteiger charge is 2.11. The van der Waals surface area contributed by atoms with Crippen molar-refractivity contribution in [2.45, 2.75) is 5.16 Å². The average Bonchev–Trinajstić information content (AvgIpc) is 2.75. The van der Waals surface area contributed by atoms with Gasteiger partial charge in [-0.3, -0.25) is 14.9 Å². The molecule has 0 aliphatic carbocycles. The van der Waals surface area contributed by atoms with E-state index in [4.69, 9.17) is 5.11 Å². The molecule has 6 nitrogen and oxygen atoms in total. The zero-order chi connectivity index (χ0) is 12.3. The number of carboxylic acid groups (broad SMARTS) is 1. The fourth-order valence-electron chi connectivity index (χ4n) is 1.12. The van der Waals surface area contributed by atoms with Crippen LogP contribution < -0.4 is 0 Å². The number of halogens is 1. The maximum absolute atomic E-state index is 13.3. The Bertz CT molecular complexity index is 545. The van der Waals surface area contributed by atoms with Gasteiger partial charge in [0, 0.05) is 6.20 Å². The number of H-pyrrole nitrogens is 1. The van der Waals surface area contributed by atoms with Gasteiger partial charge in [-0.25, -0.2) is 9.37 Å². The van der Waals surface area contributed by atoms with E-state index in [1.165, 1.54) is 12.3 Å². The summed E-state index contributed by atoms with van der Waals surface area (Å²) in [5.41, 5.74) is 0.245. The first-order valence-electron chi connectivity index (χ1n) is 4.53. The van der Waals surface area contributed by atoms with Crippen LogP contribution >= 0.6 is 11.8 Å². The first-order valence-corrected chi connectivity index (χ1v) is 5.52. The number of carbonyl (C=O) groups is 1. The van der Waals surface area contributed by atoms with Crippen LogP contribution in [-0.4, -0.2) is 37.0 Å². The van der Waals surface area contributed by atoms with Crippen LogP contribution in [0.4, 0.5) is 4.39 Å². The normalized spacial score (nSPS) is 10.4. The van der Waals surface area contributed by atoms with Gasteiger partial charge in [-0.2, -0.15) is 0 Å². The second-order valence-corrected chi connectivity index (χ2v) is 3.95. The molecule has 0 aliphatic heterocycles. The molecule has 0 aliphatic rings. The SMILES string of the molecule is O=C(O)CSc1n[nH]c(-c2ccncc2F)n1. The highest BCUT2D eigenvalue weighted by atomic mass is 32.2. The number of thioether (sulfide) groups is 1. The zero-order valence-corrected chi connectivity index (χ0v) is 9.24. The lowest BCUT2D eigenvalue weighted by Crippen LogP contribution is -1.97. The molecule has 2 N–H and O–H groups in total. The second-order valence-electron chi connectivity index (χ2n) is 3.00. The molecule has 2 aromatic heterocycles. The minimum absolute atomic E-state index is 0.143. The van der Waals surface area contributed by atoms with Crippen molar-refractivity contribution >= 4 is 17.7 Å². The number of pyridine rings is 1. The second kappa shape index (κ2) is 4.91. The number of aliphatic carboxylic acids is 1. The van der Waals surface area contributed by atoms with Gasteiger partial charge >= 0.3 is 5.97 Å². The number of aromatic nitrogens is 4. The number of hydrogen-bond acceptors (Lipinski definition) is 5. The number of rotatable bonds is 4. The van der Waals surface area contributed by atoms with Gasteiger partial charge < -0.3 is 5.11 Å². The summed E-state index contributed by atoms with van der Waals surface area (Å²) in [6.07, 6.45) is 2.51. The number of nitrogens with zero attached hydrogens (tertiary/aromatic N) is 3. The maximum atomic E-state index is 13.3. The van der Waals surface area contributed by atoms with E-state index in [9.17, 15) is 9.18 Å². The molecule has 0 fully saturated rings. The minimum atomic E-state index is -0.962. The van der Waals surface area contributed by atoms with Crippen LogP contribution in [0.15, 0.2) is 23.6 Å². The lowest BCUT2D eigenvalue weighted by molar-refractivity contribution is -0.133. The molecule has 2 rings (SSSR count). The van der Waals surface area contributed by atoms with Crippen molar-refractivity contribution in [1.29, 1.82) is 0 Å². The smallest absolute Gasteiger partial charge is 0.313 e. The fraction of sp³-hybridized carbons (Fsp3) is 0.111. The Hall–Kier alpha value is -1.96. The predicted molar refractivity (Wildman–Crippen MR) is 57.9 cm³/mol. The number of nitrogens with one attached hydrogen (secondary N) is 1. The van der Waals surface area contributed by atoms with Crippen molar-refractivity contribution < 1.29 is 14.3 Å². The molecule has 2 aromatic rings. The van der Waals surface area contributed by atoms with E-state index < -0.39 is 11.8 Å². The van der Waals surface area contributed by atoms with Gasteiger partial charge in [0.1, 0.15) is 0 Å². The molecule has 8 heteroatoms. The van der Waals surface area contributed by atoms with Crippen LogP contribution in [0, 0.1) is 5.82 Å². The third-order valence-electron chi connectivity index (χ3n) is 1.82. The largest absolute Gasteiger partial charge is 0.481 e. The third kappa shape index (κ3) is 2.78. The molecule has 0 spiro atoms. The van der Waals surface area contributed by atoms with Crippen LogP contribution in [0.25, 0.3) is 11.4 Å². The number of hydrogen-bond donors (Lipinski definition) is 2. The summed E-state index contributed by atoms with van der Waals surface area (Å²) in [5.74, 6) is -1.37. The summed E-state index contributed by atoms with van der Waals surface area (Å²) in [4.78, 5) is 17.9. The molecule has 0 saturated carbocycles. The molecule has 0 amide bonds. The fourth-order valence-corrected chi connectivity index (χ4v) is 1.64. The van der Waals surface area contributed by atoms with Crippen LogP contribution in [0.5, 0.6) is 0 Å². The van der Waals surface area contributed by atoms with Crippen LogP contribution in [0.2, 0.25) is 0 Å². The van der Waals surface area contributed by atoms with Crippen LogP contribution in [-0.2, 0) is 4.79 Å². The molecule has 2 heterocycles. The first-order chi connectivity index (χ1) is 8.16. The summed E-state index contributed by atoms with van der Waals surface area (Å²) in [5, 5.41) is 15.1. The van der Waals surface area contributed by atoms with Gasteiger partial charge in [0.15, 0.2) is 11.6 Å². The minimum Gasteiger partial charge on any atom is -0.481 e. The molecule has 0 atom stereocenters. The van der Waals surface area contributed by atoms with Crippen LogP contribution in [0.3, 0.4) is 0 Å². The van der Waals surface area contributed by atoms with Crippen molar-refractivity contribution in [3.63, 3.8) is 0 Å². The Labute approximate surface area is 99.3 Å². The standard InChI is InChI=1S/C9H7FN4O2S/c10-6-3-11-2-1-5(6)8-12-9(14-13-8)17-4-7(15)16/h1-3H,4H2,(H,15,16)(H,12,13,14). The predicted octanol–water partition coefficient (Wildman–Crippen LogP) is 1.18. The molecular weight excluding hydrogens is 247 g/mol. The van der Waals surface area contributed by atoms with Crippen molar-refractivity contribution in [1.82, 2.24) is 20.2 Å². The molecule has 0 unspecified atom stereocenters. The van der Waals surface area contributed by atoms with E-state index in [0.717, 1.165) is 18.0 Å². The van der Waals surface area contributed by atoms with E-state index >= 15 is 0 Å². The van der Waals surface area contributed by atoms with E-state index in [1.54, 1.807) is 0 Å². The molecule has 0 aromatic carbocycles. The Balaban J connectivity index is 2.18. The molecule has 88 valence electrons. The Morgan fingerprint density at radius 1 is 1.59 bits per heavy atom. The van der Waals surface area contributed by atoms with Gasteiger partial charge in [0.25, 0.3) is 0 Å². The van der Waals surface area contributed by atoms with Crippen molar-refractivity contribution in [3.05, 3.63) is 24.3 Å². The third-order valence-corrected chi connectivity index (χ3v) is 2.65. The topological polar surface area (TPSA) is 91.8 Å². The zero-order valence-electron chi connectivity index (χ0n) is 8.42. The summed E-state index contributed by atoms with van der Waals surface area (Å²) in [6, 6.07) is 1.46. The Kier molecular flexibility index (Phi) is 3.33. The summed E-state index contributed by atoms with van der Waals surface area (Å²) in [6.45, 7) is 0. The summed E-state index contributed by atoms with van der Waals surface area (Å²) < 4.78 is 13.3. The first kappa shape index (κ1) is 11.5. The van der Waals surface area contributed by atoms with Crippen LogP contribution in [0.1, 0.15) is 0 Å². The van der Waals surface area contributed by atoms with E-state index in [0.29, 0.717) is 0 Å². The lowest BCUT2D eigenvalue weighted by atomic mass is 10.2. The van der Waals surface area contributed by atoms with Crippen molar-refractivity contribution in [2.24, 2.45) is 0 Å². The van der Waals surface area contributed by atoms with Gasteiger partial charge in [-0.05, 0) is 6.07 Å². The highest BCUT2D eigenvalue weighted by Crippen LogP contribution is 2.20. The van der Waals surface area contributed by atoms with Crippen molar-refractivity contribution in [2.75, 3.05) is 5.75 Å². The molecule has 0 saturated heterocycles. The van der Waals surface area contributed by atoms with Gasteiger partial charge in [0.05, 0.1) is 17.5 Å². The van der Waals surface area contributed by atoms with Gasteiger partial charge in [0.2, 0.25) is 5.16 Å². The van der Waals surface area contributed by atoms with E-state index in [-0.39, 0.29) is 22.3 Å². The lowest BCUT2D eigenvalue weighted by Gasteiger charge is -1.95. The Morgan fingerprint density at radius 3 is 3.12 bits per heavy atom. The summed E-state index contributed by atoms with van der Waals surface area (Å²) >= 11 is 0.959. The monoisotopic (exact) mass is 254 g/mol. The number of carboxylic acids is 1. The quantitative estimate of drug-likeness (QED) is 0.796. The summed E-state index contributed by atoms with van der Waals surface area (Å²) in [7, 11) is 0. The number of aromatic amines is 1. The van der Waals surface area contributed by atoms with Crippen molar-refractivity contribution in [3.8, 4) is 11.4 Å². The van der Waals surface area contributed by atoms with E-state index in [2.05, 4.69) is 20.2 Å². The van der Waals surface area contributed by atoms with Gasteiger partial charge in [-0.15, -0.1) is 5.10 Å². The highest BCUT2D eigenvalue weighted by molar-refractivity contribution is 7.99. The molecular formula is C9H7FN4O2S. The molecule has 0 radical (unpaired) electrons. The average molecular weight is 254 g/mol. The molecule has 0 bridgehead atoms. The molecule has 17 heavy (non-hydrogen) atoms. The van der Waals surface area contributed by atoms with Gasteiger partial charge in [-0.1, -0.05) is 11.8 Å². The maximum Gasteiger partial charge on any atom is 0.313 e. The Morgan fingerprint density at radius 2 is 2.41 bits per heavy atom.